The molecule has 0 aliphatic rings. The van der Waals surface area contributed by atoms with Crippen molar-refractivity contribution in [2.24, 2.45) is 5.84 Å². The number of unbranched alkanes of at least 4 members (excludes halogenated alkanes) is 1. The van der Waals surface area contributed by atoms with E-state index in [1.165, 1.54) is 7.05 Å². The summed E-state index contributed by atoms with van der Waals surface area (Å²) < 4.78 is 5.99. The van der Waals surface area contributed by atoms with E-state index in [1.807, 2.05) is 50.2 Å². The lowest BCUT2D eigenvalue weighted by Crippen LogP contribution is -2.37. The number of hydrogen-bond acceptors (Lipinski definition) is 5. The van der Waals surface area contributed by atoms with Crippen molar-refractivity contribution in [3.8, 4) is 5.75 Å². The van der Waals surface area contributed by atoms with Gasteiger partial charge in [-0.1, -0.05) is 25.5 Å². The van der Waals surface area contributed by atoms with E-state index in [4.69, 9.17) is 10.6 Å². The number of rotatable bonds is 8. The predicted molar refractivity (Wildman–Crippen MR) is 117 cm³/mol. The van der Waals surface area contributed by atoms with E-state index in [0.717, 1.165) is 34.5 Å². The Kier molecular flexibility index (Phi) is 9.31. The Hall–Kier alpha value is -2.90. The Balaban J connectivity index is 0.00000420. The van der Waals surface area contributed by atoms with Crippen molar-refractivity contribution >= 4 is 17.5 Å². The lowest BCUT2D eigenvalue weighted by molar-refractivity contribution is 0.0979. The molecule has 2 rings (SSSR count). The molecule has 7 nitrogen and oxygen atoms in total. The Labute approximate surface area is 172 Å². The fourth-order valence-corrected chi connectivity index (χ4v) is 2.83. The summed E-state index contributed by atoms with van der Waals surface area (Å²) in [6.45, 7) is 6.25. The van der Waals surface area contributed by atoms with Gasteiger partial charge in [0.15, 0.2) is 5.78 Å². The second-order valence-electron chi connectivity index (χ2n) is 6.94. The van der Waals surface area contributed by atoms with Crippen LogP contribution in [0.5, 0.6) is 5.75 Å². The van der Waals surface area contributed by atoms with Crippen molar-refractivity contribution in [2.45, 2.75) is 46.6 Å². The van der Waals surface area contributed by atoms with Gasteiger partial charge in [0.05, 0.1) is 0 Å². The van der Waals surface area contributed by atoms with Gasteiger partial charge in [0, 0.05) is 30.3 Å². The monoisotopic (exact) mass is 400 g/mol. The van der Waals surface area contributed by atoms with Gasteiger partial charge in [-0.15, -0.1) is 0 Å². The fourth-order valence-electron chi connectivity index (χ4n) is 2.83. The molecule has 0 spiro atoms. The van der Waals surface area contributed by atoms with Crippen molar-refractivity contribution < 1.29 is 14.3 Å². The largest absolute Gasteiger partial charge is 0.489 e. The second-order valence-corrected chi connectivity index (χ2v) is 6.94. The smallest absolute Gasteiger partial charge is 0.335 e. The number of carbonyl (C=O) groups excluding carboxylic acids is 2. The zero-order chi connectivity index (χ0) is 20.7. The number of ketones is 1. The predicted octanol–water partition coefficient (Wildman–Crippen LogP) is 4.75. The zero-order valence-corrected chi connectivity index (χ0v) is 17.7. The second kappa shape index (κ2) is 11.2. The number of ether oxygens (including phenoxy) is 1. The van der Waals surface area contributed by atoms with E-state index < -0.39 is 6.03 Å². The fraction of sp³-hybridized carbons (Fsp3) is 0.364. The summed E-state index contributed by atoms with van der Waals surface area (Å²) in [6.07, 6.45) is 2.47. The molecule has 0 atom stereocenters. The molecule has 2 aromatic carbocycles. The molecule has 0 radical (unpaired) electrons. The van der Waals surface area contributed by atoms with Gasteiger partial charge in [0.2, 0.25) is 0 Å². The molecule has 0 fully saturated rings. The Bertz CT molecular complexity index is 850. The average Bonchev–Trinajstić information content (AvgIpc) is 2.66. The van der Waals surface area contributed by atoms with E-state index in [9.17, 15) is 9.59 Å². The van der Waals surface area contributed by atoms with Crippen molar-refractivity contribution in [1.29, 1.82) is 0 Å². The van der Waals surface area contributed by atoms with Crippen molar-refractivity contribution in [3.63, 3.8) is 0 Å². The van der Waals surface area contributed by atoms with Gasteiger partial charge in [0.25, 0.3) is 0 Å². The summed E-state index contributed by atoms with van der Waals surface area (Å²) in [6, 6.07) is 10.8. The summed E-state index contributed by atoms with van der Waals surface area (Å²) in [7, 11) is 1.48. The average molecular weight is 401 g/mol. The maximum Gasteiger partial charge on any atom is 0.335 e. The van der Waals surface area contributed by atoms with Crippen LogP contribution >= 0.6 is 0 Å². The third-order valence-electron chi connectivity index (χ3n) is 4.60. The summed E-state index contributed by atoms with van der Waals surface area (Å²) in [5, 5.41) is 3.77. The number of urea groups is 1. The van der Waals surface area contributed by atoms with Crippen molar-refractivity contribution in [1.82, 2.24) is 11.2 Å². The number of hydrazine groups is 1. The normalized spacial score (nSPS) is 10.1. The highest BCUT2D eigenvalue weighted by atomic mass is 16.5. The van der Waals surface area contributed by atoms with Gasteiger partial charge in [-0.3, -0.25) is 9.80 Å². The molecule has 0 heterocycles. The Morgan fingerprint density at radius 3 is 2.48 bits per heavy atom. The molecule has 0 aliphatic carbocycles. The first kappa shape index (κ1) is 24.1. The SMILES string of the molecule is CCCCC(=O)c1ccc(OCc2c(C)cccc2NC(=O)N(C)N)c(C)c1.N. The molecule has 29 heavy (non-hydrogen) atoms. The zero-order valence-electron chi connectivity index (χ0n) is 17.7. The van der Waals surface area contributed by atoms with E-state index >= 15 is 0 Å². The van der Waals surface area contributed by atoms with Crippen molar-refractivity contribution in [3.05, 3.63) is 58.7 Å². The Morgan fingerprint density at radius 1 is 1.14 bits per heavy atom. The van der Waals surface area contributed by atoms with Crippen LogP contribution in [0.3, 0.4) is 0 Å². The molecular formula is C22H32N4O3. The van der Waals surface area contributed by atoms with E-state index in [0.29, 0.717) is 30.0 Å². The molecule has 2 amide bonds. The topological polar surface area (TPSA) is 120 Å². The first-order chi connectivity index (χ1) is 13.3. The van der Waals surface area contributed by atoms with E-state index in [1.54, 1.807) is 0 Å². The van der Waals surface area contributed by atoms with Crippen LogP contribution in [-0.2, 0) is 6.61 Å². The molecular weight excluding hydrogens is 368 g/mol. The first-order valence-electron chi connectivity index (χ1n) is 9.48. The highest BCUT2D eigenvalue weighted by Crippen LogP contribution is 2.25. The minimum absolute atomic E-state index is 0. The molecule has 0 saturated carbocycles. The van der Waals surface area contributed by atoms with Gasteiger partial charge in [0.1, 0.15) is 12.4 Å². The van der Waals surface area contributed by atoms with Crippen LogP contribution in [-0.4, -0.2) is 23.9 Å². The van der Waals surface area contributed by atoms with Crippen LogP contribution in [0.25, 0.3) is 0 Å². The number of anilines is 1. The number of nitrogens with zero attached hydrogens (tertiary/aromatic N) is 1. The highest BCUT2D eigenvalue weighted by molar-refractivity contribution is 5.96. The number of amides is 2. The van der Waals surface area contributed by atoms with Gasteiger partial charge < -0.3 is 16.2 Å². The number of nitrogens with one attached hydrogen (secondary N) is 1. The first-order valence-corrected chi connectivity index (χ1v) is 9.48. The highest BCUT2D eigenvalue weighted by Gasteiger charge is 2.13. The van der Waals surface area contributed by atoms with Crippen LogP contribution in [0.15, 0.2) is 36.4 Å². The lowest BCUT2D eigenvalue weighted by Gasteiger charge is -2.17. The number of carbonyl (C=O) groups is 2. The van der Waals surface area contributed by atoms with Gasteiger partial charge in [-0.25, -0.2) is 10.6 Å². The molecule has 0 unspecified atom stereocenters. The molecule has 158 valence electrons. The molecule has 6 N–H and O–H groups in total. The summed E-state index contributed by atoms with van der Waals surface area (Å²) >= 11 is 0. The Morgan fingerprint density at radius 2 is 1.86 bits per heavy atom. The van der Waals surface area contributed by atoms with Gasteiger partial charge in [-0.2, -0.15) is 0 Å². The summed E-state index contributed by atoms with van der Waals surface area (Å²) in [5.74, 6) is 6.36. The van der Waals surface area contributed by atoms with Crippen LogP contribution in [0.2, 0.25) is 0 Å². The molecule has 0 bridgehead atoms. The number of benzene rings is 2. The van der Waals surface area contributed by atoms with Crippen LogP contribution in [0.4, 0.5) is 10.5 Å². The third kappa shape index (κ3) is 6.58. The number of aryl methyl sites for hydroxylation is 2. The summed E-state index contributed by atoms with van der Waals surface area (Å²) in [5.41, 5.74) is 4.16. The van der Waals surface area contributed by atoms with Crippen LogP contribution in [0.1, 0.15) is 53.2 Å². The minimum Gasteiger partial charge on any atom is -0.489 e. The number of Topliss-reactive ketones (excluding diaryl/α,β-unsaturated/α-hetero) is 1. The maximum atomic E-state index is 12.2. The lowest BCUT2D eigenvalue weighted by atomic mass is 10.0. The molecule has 0 aliphatic heterocycles. The maximum absolute atomic E-state index is 12.2. The van der Waals surface area contributed by atoms with Crippen molar-refractivity contribution in [2.75, 3.05) is 12.4 Å². The minimum atomic E-state index is -0.405. The number of hydrogen-bond donors (Lipinski definition) is 3. The number of nitrogens with two attached hydrogens (primary N) is 1. The van der Waals surface area contributed by atoms with E-state index in [2.05, 4.69) is 12.2 Å². The van der Waals surface area contributed by atoms with E-state index in [-0.39, 0.29) is 11.9 Å². The van der Waals surface area contributed by atoms with Gasteiger partial charge in [-0.05, 0) is 55.7 Å². The standard InChI is InChI=1S/C22H29N3O3.H3N/c1-5-6-10-20(26)17-11-12-21(16(3)13-17)28-14-18-15(2)8-7-9-19(18)24-22(27)25(4)23;/h7-9,11-13H,5-6,10,14,23H2,1-4H3,(H,24,27);1H3. The quantitative estimate of drug-likeness (QED) is 0.255. The molecule has 2 aromatic rings. The molecule has 0 saturated heterocycles. The van der Waals surface area contributed by atoms with Crippen LogP contribution < -0.4 is 22.0 Å². The third-order valence-corrected chi connectivity index (χ3v) is 4.60. The van der Waals surface area contributed by atoms with Gasteiger partial charge >= 0.3 is 6.03 Å². The molecule has 0 aromatic heterocycles. The van der Waals surface area contributed by atoms with Crippen LogP contribution in [0, 0.1) is 13.8 Å². The molecule has 7 heteroatoms. The summed E-state index contributed by atoms with van der Waals surface area (Å²) in [4.78, 5) is 24.1.